The Balaban J connectivity index is 1.73. The number of aromatic amines is 1. The number of anilines is 1. The van der Waals surface area contributed by atoms with Crippen molar-refractivity contribution >= 4 is 17.3 Å². The van der Waals surface area contributed by atoms with Crippen LogP contribution in [-0.2, 0) is 17.8 Å². The second-order valence-corrected chi connectivity index (χ2v) is 5.15. The molecule has 0 bridgehead atoms. The van der Waals surface area contributed by atoms with Crippen LogP contribution in [0.3, 0.4) is 0 Å². The molecule has 1 aromatic heterocycles. The molecule has 0 saturated carbocycles. The lowest BCUT2D eigenvalue weighted by atomic mass is 10.1. The van der Waals surface area contributed by atoms with Gasteiger partial charge in [-0.25, -0.2) is 9.49 Å². The third-order valence-electron chi connectivity index (χ3n) is 3.26. The lowest BCUT2D eigenvalue weighted by molar-refractivity contribution is -0.0172. The van der Waals surface area contributed by atoms with Crippen molar-refractivity contribution < 1.29 is 13.9 Å². The molecule has 0 saturated heterocycles. The summed E-state index contributed by atoms with van der Waals surface area (Å²) in [6.07, 6.45) is 1.93. The predicted octanol–water partition coefficient (Wildman–Crippen LogP) is 2.08. The van der Waals surface area contributed by atoms with Gasteiger partial charge in [0.25, 0.3) is 5.56 Å². The van der Waals surface area contributed by atoms with E-state index >= 15 is 0 Å². The Hall–Kier alpha value is -2.12. The van der Waals surface area contributed by atoms with Gasteiger partial charge in [0.05, 0.1) is 18.5 Å². The number of rotatable bonds is 4. The summed E-state index contributed by atoms with van der Waals surface area (Å²) in [5.74, 6) is 0.322. The Labute approximate surface area is 130 Å². The maximum atomic E-state index is 13.6. The lowest BCUT2D eigenvalue weighted by Gasteiger charge is -2.21. The van der Waals surface area contributed by atoms with Crippen molar-refractivity contribution in [2.75, 3.05) is 18.7 Å². The van der Waals surface area contributed by atoms with E-state index in [9.17, 15) is 9.18 Å². The molecule has 2 N–H and O–H groups in total. The van der Waals surface area contributed by atoms with Crippen LogP contribution in [0.4, 0.5) is 10.1 Å². The Morgan fingerprint density at radius 3 is 3.18 bits per heavy atom. The molecule has 116 valence electrons. The molecule has 0 aliphatic carbocycles. The van der Waals surface area contributed by atoms with Crippen LogP contribution in [0.2, 0.25) is 5.02 Å². The molecule has 1 aliphatic heterocycles. The van der Waals surface area contributed by atoms with E-state index in [1.165, 1.54) is 18.3 Å². The number of aromatic nitrogens is 2. The zero-order chi connectivity index (χ0) is 15.5. The fourth-order valence-corrected chi connectivity index (χ4v) is 2.44. The summed E-state index contributed by atoms with van der Waals surface area (Å²) in [6, 6.07) is 2.84. The van der Waals surface area contributed by atoms with Crippen LogP contribution in [0.1, 0.15) is 11.1 Å². The first-order chi connectivity index (χ1) is 10.6. The molecule has 0 atom stereocenters. The summed E-state index contributed by atoms with van der Waals surface area (Å²) in [5.41, 5.74) is 1.40. The Morgan fingerprint density at radius 1 is 1.45 bits per heavy atom. The van der Waals surface area contributed by atoms with Crippen LogP contribution in [-0.4, -0.2) is 23.5 Å². The smallest absolute Gasteiger partial charge is 0.285 e. The van der Waals surface area contributed by atoms with Crippen molar-refractivity contribution in [1.82, 2.24) is 10.2 Å². The molecule has 22 heavy (non-hydrogen) atoms. The van der Waals surface area contributed by atoms with Crippen LogP contribution >= 0.6 is 11.6 Å². The van der Waals surface area contributed by atoms with E-state index in [0.717, 1.165) is 5.56 Å². The highest BCUT2D eigenvalue weighted by Gasteiger charge is 2.16. The predicted molar refractivity (Wildman–Crippen MR) is 78.7 cm³/mol. The van der Waals surface area contributed by atoms with Crippen LogP contribution < -0.4 is 15.6 Å². The van der Waals surface area contributed by atoms with E-state index in [1.807, 2.05) is 0 Å². The number of hydrogen-bond acceptors (Lipinski definition) is 5. The SMILES string of the molecule is O=c1[nH]ncc(NCCc2cc(F)cc3c2OCOC3)c1Cl. The van der Waals surface area contributed by atoms with E-state index in [2.05, 4.69) is 15.5 Å². The molecular weight excluding hydrogens is 313 g/mol. The molecule has 6 nitrogen and oxygen atoms in total. The summed E-state index contributed by atoms with van der Waals surface area (Å²) in [6.45, 7) is 0.936. The monoisotopic (exact) mass is 325 g/mol. The molecule has 0 fully saturated rings. The van der Waals surface area contributed by atoms with Crippen molar-refractivity contribution in [3.05, 3.63) is 50.7 Å². The molecule has 1 aliphatic rings. The third kappa shape index (κ3) is 3.05. The van der Waals surface area contributed by atoms with Crippen molar-refractivity contribution in [3.8, 4) is 5.75 Å². The molecule has 2 aromatic rings. The van der Waals surface area contributed by atoms with Gasteiger partial charge in [-0.3, -0.25) is 4.79 Å². The van der Waals surface area contributed by atoms with Crippen molar-refractivity contribution in [2.24, 2.45) is 0 Å². The number of H-pyrrole nitrogens is 1. The van der Waals surface area contributed by atoms with Gasteiger partial charge in [0.2, 0.25) is 0 Å². The Bertz CT molecular complexity index is 751. The summed E-state index contributed by atoms with van der Waals surface area (Å²) < 4.78 is 24.2. The van der Waals surface area contributed by atoms with Gasteiger partial charge in [0.1, 0.15) is 16.6 Å². The average molecular weight is 326 g/mol. The van der Waals surface area contributed by atoms with Crippen LogP contribution in [0, 0.1) is 5.82 Å². The van der Waals surface area contributed by atoms with E-state index in [-0.39, 0.29) is 17.6 Å². The van der Waals surface area contributed by atoms with Gasteiger partial charge in [0, 0.05) is 12.1 Å². The van der Waals surface area contributed by atoms with Gasteiger partial charge in [-0.05, 0) is 24.1 Å². The fourth-order valence-electron chi connectivity index (χ4n) is 2.28. The molecule has 0 radical (unpaired) electrons. The zero-order valence-corrected chi connectivity index (χ0v) is 12.2. The number of halogens is 2. The van der Waals surface area contributed by atoms with Crippen LogP contribution in [0.15, 0.2) is 23.1 Å². The second kappa shape index (κ2) is 6.33. The van der Waals surface area contributed by atoms with Gasteiger partial charge < -0.3 is 14.8 Å². The molecular formula is C14H13ClFN3O3. The van der Waals surface area contributed by atoms with Crippen molar-refractivity contribution in [3.63, 3.8) is 0 Å². The van der Waals surface area contributed by atoms with Crippen molar-refractivity contribution in [1.29, 1.82) is 0 Å². The summed E-state index contributed by atoms with van der Waals surface area (Å²) in [7, 11) is 0. The van der Waals surface area contributed by atoms with Gasteiger partial charge >= 0.3 is 0 Å². The van der Waals surface area contributed by atoms with Gasteiger partial charge in [0.15, 0.2) is 6.79 Å². The minimum atomic E-state index is -0.463. The molecule has 2 heterocycles. The summed E-state index contributed by atoms with van der Waals surface area (Å²) >= 11 is 5.87. The fraction of sp³-hybridized carbons (Fsp3) is 0.286. The van der Waals surface area contributed by atoms with Gasteiger partial charge in [-0.15, -0.1) is 0 Å². The molecule has 0 spiro atoms. The number of fused-ring (bicyclic) bond motifs is 1. The van der Waals surface area contributed by atoms with E-state index in [1.54, 1.807) is 0 Å². The Morgan fingerprint density at radius 2 is 2.32 bits per heavy atom. The first-order valence-electron chi connectivity index (χ1n) is 6.64. The number of benzene rings is 1. The summed E-state index contributed by atoms with van der Waals surface area (Å²) in [5, 5.41) is 8.95. The number of ether oxygens (including phenoxy) is 2. The minimum Gasteiger partial charge on any atom is -0.467 e. The maximum absolute atomic E-state index is 13.6. The molecule has 8 heteroatoms. The highest BCUT2D eigenvalue weighted by atomic mass is 35.5. The summed E-state index contributed by atoms with van der Waals surface area (Å²) in [4.78, 5) is 11.3. The third-order valence-corrected chi connectivity index (χ3v) is 3.63. The van der Waals surface area contributed by atoms with Gasteiger partial charge in [-0.1, -0.05) is 11.6 Å². The maximum Gasteiger partial charge on any atom is 0.285 e. The van der Waals surface area contributed by atoms with E-state index in [0.29, 0.717) is 36.6 Å². The topological polar surface area (TPSA) is 76.2 Å². The number of nitrogens with one attached hydrogen (secondary N) is 2. The highest BCUT2D eigenvalue weighted by molar-refractivity contribution is 6.32. The second-order valence-electron chi connectivity index (χ2n) is 4.77. The normalized spacial score (nSPS) is 13.4. The zero-order valence-electron chi connectivity index (χ0n) is 11.5. The van der Waals surface area contributed by atoms with E-state index in [4.69, 9.17) is 21.1 Å². The average Bonchev–Trinajstić information content (AvgIpc) is 2.51. The van der Waals surface area contributed by atoms with Crippen LogP contribution in [0.5, 0.6) is 5.75 Å². The quantitative estimate of drug-likeness (QED) is 0.900. The largest absolute Gasteiger partial charge is 0.467 e. The molecule has 0 amide bonds. The molecule has 1 aromatic carbocycles. The first-order valence-corrected chi connectivity index (χ1v) is 7.02. The number of hydrogen-bond donors (Lipinski definition) is 2. The standard InChI is InChI=1S/C14H13ClFN3O3/c15-12-11(5-18-19-14(12)20)17-2-1-8-3-10(16)4-9-6-21-7-22-13(8)9/h3-5H,1-2,6-7H2,(H2,17,19,20). The van der Waals surface area contributed by atoms with Crippen molar-refractivity contribution in [2.45, 2.75) is 13.0 Å². The minimum absolute atomic E-state index is 0.0425. The molecule has 0 unspecified atom stereocenters. The highest BCUT2D eigenvalue weighted by Crippen LogP contribution is 2.29. The van der Waals surface area contributed by atoms with E-state index < -0.39 is 5.56 Å². The lowest BCUT2D eigenvalue weighted by Crippen LogP contribution is -2.16. The van der Waals surface area contributed by atoms with Crippen LogP contribution in [0.25, 0.3) is 0 Å². The Kier molecular flexibility index (Phi) is 4.26. The molecule has 3 rings (SSSR count). The first kappa shape index (κ1) is 14.8. The number of nitrogens with zero attached hydrogens (tertiary/aromatic N) is 1. The van der Waals surface area contributed by atoms with Gasteiger partial charge in [-0.2, -0.15) is 5.10 Å².